The van der Waals surface area contributed by atoms with E-state index < -0.39 is 17.4 Å². The zero-order valence-corrected chi connectivity index (χ0v) is 27.7. The van der Waals surface area contributed by atoms with Crippen molar-refractivity contribution in [2.24, 2.45) is 0 Å². The molecule has 2 aliphatic heterocycles. The summed E-state index contributed by atoms with van der Waals surface area (Å²) in [7, 11) is 3.53. The number of aryl methyl sites for hydroxylation is 3. The molecule has 4 N–H and O–H groups in total. The number of carboxylic acid groups (broad SMARTS) is 2. The summed E-state index contributed by atoms with van der Waals surface area (Å²) in [6, 6.07) is 10.0. The highest BCUT2D eigenvalue weighted by Crippen LogP contribution is 2.47. The van der Waals surface area contributed by atoms with Gasteiger partial charge in [0.25, 0.3) is 0 Å². The van der Waals surface area contributed by atoms with E-state index in [-0.39, 0.29) is 31.1 Å². The Labute approximate surface area is 268 Å². The summed E-state index contributed by atoms with van der Waals surface area (Å²) in [6.07, 6.45) is 1.59. The maximum Gasteiger partial charge on any atom is 0.303 e. The van der Waals surface area contributed by atoms with E-state index in [1.807, 2.05) is 39.0 Å². The Bertz CT molecular complexity index is 1930. The molecule has 10 heteroatoms. The minimum atomic E-state index is -0.896. The van der Waals surface area contributed by atoms with Crippen LogP contribution in [-0.4, -0.2) is 67.0 Å². The number of H-pyrrole nitrogens is 2. The van der Waals surface area contributed by atoms with Crippen molar-refractivity contribution >= 4 is 51.1 Å². The first-order valence-electron chi connectivity index (χ1n) is 15.8. The molecule has 2 atom stereocenters. The monoisotopic (exact) mass is 625 g/mol. The number of carbonyl (C=O) groups excluding carboxylic acids is 1. The third-order valence-corrected chi connectivity index (χ3v) is 9.62. The van der Waals surface area contributed by atoms with E-state index in [2.05, 4.69) is 35.9 Å². The van der Waals surface area contributed by atoms with Gasteiger partial charge in [0, 0.05) is 78.1 Å². The molecule has 0 radical (unpaired) electrons. The molecule has 8 bridgehead atoms. The Morgan fingerprint density at radius 2 is 1.57 bits per heavy atom. The summed E-state index contributed by atoms with van der Waals surface area (Å²) in [6.45, 7) is 10.2. The van der Waals surface area contributed by atoms with Gasteiger partial charge < -0.3 is 25.1 Å². The van der Waals surface area contributed by atoms with E-state index in [1.54, 1.807) is 19.0 Å². The molecule has 0 saturated heterocycles. The lowest BCUT2D eigenvalue weighted by atomic mass is 9.71. The molecule has 0 spiro atoms. The standard InChI is InChI=1S/C36H43N5O5/c1-8-25-31-15-26-19(2)13-22(37-26)14-27-20(3)23(9-11-34(43)44)29(38-27)16-30-24(10-12-35(45)46)21(4)28(39-30)17-32(40-31)36(25,5)18-33(42)41(6)7/h13-17,25,37,39H,8-12,18H2,1-7H3,(H,43,44)(H,45,46)/t25-,36+/m1/s1. The lowest BCUT2D eigenvalue weighted by Gasteiger charge is -2.31. The average Bonchev–Trinajstić information content (AvgIpc) is 3.64. The number of nitrogens with zero attached hydrogens (tertiary/aromatic N) is 3. The average molecular weight is 626 g/mol. The normalized spacial score (nSPS) is 17.8. The first-order valence-corrected chi connectivity index (χ1v) is 15.8. The molecule has 3 aromatic heterocycles. The lowest BCUT2D eigenvalue weighted by molar-refractivity contribution is -0.137. The van der Waals surface area contributed by atoms with Crippen molar-refractivity contribution in [2.45, 2.75) is 84.5 Å². The van der Waals surface area contributed by atoms with Crippen LogP contribution in [0.15, 0.2) is 30.3 Å². The van der Waals surface area contributed by atoms with Crippen molar-refractivity contribution in [3.8, 4) is 0 Å². The fourth-order valence-corrected chi connectivity index (χ4v) is 6.86. The number of hydrogen-bond acceptors (Lipinski definition) is 5. The largest absolute Gasteiger partial charge is 0.481 e. The number of aromatic nitrogens is 4. The van der Waals surface area contributed by atoms with Gasteiger partial charge in [0.1, 0.15) is 0 Å². The van der Waals surface area contributed by atoms with Crippen molar-refractivity contribution in [1.82, 2.24) is 24.8 Å². The number of aliphatic carboxylic acids is 2. The summed E-state index contributed by atoms with van der Waals surface area (Å²) in [5, 5.41) is 19.0. The van der Waals surface area contributed by atoms with Crippen LogP contribution in [0.2, 0.25) is 0 Å². The smallest absolute Gasteiger partial charge is 0.303 e. The van der Waals surface area contributed by atoms with Crippen LogP contribution < -0.4 is 0 Å². The van der Waals surface area contributed by atoms with E-state index in [0.717, 1.165) is 73.4 Å². The zero-order chi connectivity index (χ0) is 33.5. The maximum atomic E-state index is 13.2. The third-order valence-electron chi connectivity index (χ3n) is 9.62. The molecule has 0 unspecified atom stereocenters. The molecular weight excluding hydrogens is 582 g/mol. The molecule has 5 heterocycles. The van der Waals surface area contributed by atoms with Crippen molar-refractivity contribution in [3.05, 3.63) is 69.8 Å². The molecule has 0 fully saturated rings. The zero-order valence-electron chi connectivity index (χ0n) is 27.7. The number of carboxylic acids is 2. The highest BCUT2D eigenvalue weighted by molar-refractivity contribution is 5.93. The van der Waals surface area contributed by atoms with Gasteiger partial charge >= 0.3 is 11.9 Å². The molecule has 0 aromatic carbocycles. The molecule has 46 heavy (non-hydrogen) atoms. The predicted octanol–water partition coefficient (Wildman–Crippen LogP) is 6.67. The van der Waals surface area contributed by atoms with Crippen LogP contribution in [0.1, 0.15) is 98.3 Å². The third kappa shape index (κ3) is 6.21. The second-order valence-electron chi connectivity index (χ2n) is 13.0. The predicted molar refractivity (Wildman–Crippen MR) is 179 cm³/mol. The van der Waals surface area contributed by atoms with Gasteiger partial charge in [0.2, 0.25) is 5.91 Å². The minimum absolute atomic E-state index is 0.0147. The van der Waals surface area contributed by atoms with Crippen LogP contribution in [0.3, 0.4) is 0 Å². The van der Waals surface area contributed by atoms with Gasteiger partial charge in [-0.1, -0.05) is 13.8 Å². The number of carbonyl (C=O) groups is 3. The summed E-state index contributed by atoms with van der Waals surface area (Å²) < 4.78 is 0. The van der Waals surface area contributed by atoms with Gasteiger partial charge in [0.05, 0.1) is 11.4 Å². The van der Waals surface area contributed by atoms with Crippen molar-refractivity contribution < 1.29 is 24.6 Å². The Hall–Kier alpha value is -4.73. The number of rotatable bonds is 9. The number of allylic oxidation sites excluding steroid dienone is 2. The van der Waals surface area contributed by atoms with Crippen molar-refractivity contribution in [3.63, 3.8) is 0 Å². The van der Waals surface area contributed by atoms with Crippen molar-refractivity contribution in [1.29, 1.82) is 0 Å². The van der Waals surface area contributed by atoms with Crippen LogP contribution >= 0.6 is 0 Å². The molecule has 3 aromatic rings. The fourth-order valence-electron chi connectivity index (χ4n) is 6.86. The van der Waals surface area contributed by atoms with E-state index in [0.29, 0.717) is 18.5 Å². The number of fused-ring (bicyclic) bond motifs is 8. The number of hydrogen-bond donors (Lipinski definition) is 4. The van der Waals surface area contributed by atoms with Crippen molar-refractivity contribution in [2.75, 3.05) is 14.1 Å². The summed E-state index contributed by atoms with van der Waals surface area (Å²) in [5.74, 6) is -1.78. The number of aromatic amines is 2. The number of amides is 1. The first kappa shape index (κ1) is 32.7. The van der Waals surface area contributed by atoms with E-state index >= 15 is 0 Å². The fraction of sp³-hybridized carbons (Fsp3) is 0.417. The quantitative estimate of drug-likeness (QED) is 0.207. The summed E-state index contributed by atoms with van der Waals surface area (Å²) in [5.41, 5.74) is 10.3. The summed E-state index contributed by atoms with van der Waals surface area (Å²) >= 11 is 0. The van der Waals surface area contributed by atoms with Gasteiger partial charge in [-0.2, -0.15) is 0 Å². The van der Waals surface area contributed by atoms with Gasteiger partial charge in [-0.3, -0.25) is 19.4 Å². The molecule has 242 valence electrons. The molecule has 0 aliphatic carbocycles. The minimum Gasteiger partial charge on any atom is -0.481 e. The highest BCUT2D eigenvalue weighted by Gasteiger charge is 2.44. The second-order valence-corrected chi connectivity index (χ2v) is 13.0. The van der Waals surface area contributed by atoms with Crippen LogP contribution in [0.25, 0.3) is 33.2 Å². The Morgan fingerprint density at radius 1 is 0.870 bits per heavy atom. The topological polar surface area (TPSA) is 152 Å². The van der Waals surface area contributed by atoms with Gasteiger partial charge in [0.15, 0.2) is 0 Å². The first-order chi connectivity index (χ1) is 21.7. The molecule has 0 saturated carbocycles. The molecule has 10 nitrogen and oxygen atoms in total. The van der Waals surface area contributed by atoms with Gasteiger partial charge in [-0.25, -0.2) is 4.98 Å². The molecule has 1 amide bonds. The van der Waals surface area contributed by atoms with E-state index in [1.165, 1.54) is 0 Å². The molecule has 5 rings (SSSR count). The summed E-state index contributed by atoms with van der Waals surface area (Å²) in [4.78, 5) is 55.3. The second kappa shape index (κ2) is 12.6. The van der Waals surface area contributed by atoms with E-state index in [9.17, 15) is 24.6 Å². The van der Waals surface area contributed by atoms with E-state index in [4.69, 9.17) is 9.97 Å². The highest BCUT2D eigenvalue weighted by atomic mass is 16.4. The van der Waals surface area contributed by atoms with Crippen LogP contribution in [-0.2, 0) is 26.2 Å². The lowest BCUT2D eigenvalue weighted by Crippen LogP contribution is -2.34. The van der Waals surface area contributed by atoms with Crippen LogP contribution in [0, 0.1) is 13.8 Å². The van der Waals surface area contributed by atoms with Gasteiger partial charge in [-0.05, 0) is 98.2 Å². The maximum absolute atomic E-state index is 13.2. The Kier molecular flexibility index (Phi) is 8.93. The van der Waals surface area contributed by atoms with Crippen LogP contribution in [0.5, 0.6) is 0 Å². The Morgan fingerprint density at radius 3 is 2.22 bits per heavy atom. The SMILES string of the molecule is CC[C@@H]1c2cc3[nH]c(cc4nc(cc5[nH]c(cc(n2)[C@@]1(C)CC(=O)N(C)C)c(C)c5CCC(=O)O)C(CCC(=O)O)=C4C)cc3C. The Balaban J connectivity index is 1.90. The van der Waals surface area contributed by atoms with Gasteiger partial charge in [-0.15, -0.1) is 0 Å². The molecular formula is C36H43N5O5. The molecule has 2 aliphatic rings. The number of nitrogens with one attached hydrogen (secondary N) is 2. The van der Waals surface area contributed by atoms with Crippen LogP contribution in [0.4, 0.5) is 0 Å².